The highest BCUT2D eigenvalue weighted by Crippen LogP contribution is 2.41. The summed E-state index contributed by atoms with van der Waals surface area (Å²) in [5, 5.41) is 21.9. The van der Waals surface area contributed by atoms with Crippen LogP contribution in [-0.4, -0.2) is 37.7 Å². The molecule has 1 heterocycles. The van der Waals surface area contributed by atoms with E-state index >= 15 is 0 Å². The number of aliphatic carboxylic acids is 1. The molecule has 4 N–H and O–H groups in total. The molecule has 70 valence electrons. The van der Waals surface area contributed by atoms with Crippen LogP contribution in [0.1, 0.15) is 18.7 Å². The Balaban J connectivity index is 2.31. The molecule has 13 heavy (non-hydrogen) atoms. The van der Waals surface area contributed by atoms with Gasteiger partial charge in [-0.25, -0.2) is 0 Å². The van der Waals surface area contributed by atoms with E-state index in [0.29, 0.717) is 12.8 Å². The number of carbonyl (C=O) groups is 1. The van der Waals surface area contributed by atoms with Crippen molar-refractivity contribution in [2.75, 3.05) is 0 Å². The van der Waals surface area contributed by atoms with Crippen molar-refractivity contribution in [3.8, 4) is 0 Å². The molecular formula is C6H9N5O2. The standard InChI is InChI=1S/C6H9N5O2/c7-3-1-6(2-3,5(12)13)4-8-10-11-9-4/h3H,1-2,7H2,(H,12,13)(H,8,9,10,11). The molecule has 0 atom stereocenters. The van der Waals surface area contributed by atoms with Gasteiger partial charge in [-0.15, -0.1) is 10.2 Å². The normalized spacial score (nSPS) is 32.5. The largest absolute Gasteiger partial charge is 0.480 e. The number of rotatable bonds is 2. The van der Waals surface area contributed by atoms with Crippen LogP contribution in [-0.2, 0) is 10.2 Å². The molecule has 1 aliphatic carbocycles. The van der Waals surface area contributed by atoms with Gasteiger partial charge in [0, 0.05) is 6.04 Å². The average Bonchev–Trinajstić information content (AvgIpc) is 2.49. The van der Waals surface area contributed by atoms with Gasteiger partial charge in [0.25, 0.3) is 0 Å². The summed E-state index contributed by atoms with van der Waals surface area (Å²) in [7, 11) is 0. The molecule has 1 aromatic rings. The zero-order valence-corrected chi connectivity index (χ0v) is 6.77. The van der Waals surface area contributed by atoms with Crippen LogP contribution in [0, 0.1) is 0 Å². The van der Waals surface area contributed by atoms with Gasteiger partial charge in [0.1, 0.15) is 5.41 Å². The number of nitrogens with one attached hydrogen (secondary N) is 1. The van der Waals surface area contributed by atoms with Gasteiger partial charge in [-0.05, 0) is 12.8 Å². The minimum absolute atomic E-state index is 0.0744. The average molecular weight is 183 g/mol. The maximum atomic E-state index is 11.0. The van der Waals surface area contributed by atoms with E-state index in [4.69, 9.17) is 10.8 Å². The van der Waals surface area contributed by atoms with E-state index in [1.165, 1.54) is 0 Å². The van der Waals surface area contributed by atoms with Crippen LogP contribution in [0.3, 0.4) is 0 Å². The van der Waals surface area contributed by atoms with Gasteiger partial charge < -0.3 is 10.8 Å². The van der Waals surface area contributed by atoms with Crippen molar-refractivity contribution in [1.82, 2.24) is 20.6 Å². The van der Waals surface area contributed by atoms with Crippen molar-refractivity contribution in [1.29, 1.82) is 0 Å². The monoisotopic (exact) mass is 183 g/mol. The Bertz CT molecular complexity index is 316. The highest BCUT2D eigenvalue weighted by atomic mass is 16.4. The molecule has 1 aromatic heterocycles. The van der Waals surface area contributed by atoms with Gasteiger partial charge in [0.2, 0.25) is 0 Å². The number of hydrogen-bond acceptors (Lipinski definition) is 5. The number of hydrogen-bond donors (Lipinski definition) is 3. The number of nitrogens with two attached hydrogens (primary N) is 1. The summed E-state index contributed by atoms with van der Waals surface area (Å²) in [5.41, 5.74) is 4.54. The fraction of sp³-hybridized carbons (Fsp3) is 0.667. The van der Waals surface area contributed by atoms with Gasteiger partial charge >= 0.3 is 5.97 Å². The SMILES string of the molecule is NC1CC(C(=O)O)(c2nn[nH]n2)C1. The molecule has 1 fully saturated rings. The van der Waals surface area contributed by atoms with E-state index in [0.717, 1.165) is 0 Å². The number of carboxylic acids is 1. The van der Waals surface area contributed by atoms with E-state index in [1.807, 2.05) is 0 Å². The fourth-order valence-corrected chi connectivity index (χ4v) is 1.65. The molecule has 0 radical (unpaired) electrons. The number of aromatic nitrogens is 4. The zero-order valence-electron chi connectivity index (χ0n) is 6.77. The Hall–Kier alpha value is -1.50. The molecule has 1 aliphatic rings. The van der Waals surface area contributed by atoms with Gasteiger partial charge in [-0.3, -0.25) is 4.79 Å². The molecule has 2 rings (SSSR count). The van der Waals surface area contributed by atoms with Gasteiger partial charge in [0.05, 0.1) is 0 Å². The lowest BCUT2D eigenvalue weighted by atomic mass is 9.65. The molecule has 7 nitrogen and oxygen atoms in total. The minimum atomic E-state index is -1.01. The van der Waals surface area contributed by atoms with Gasteiger partial charge in [-0.2, -0.15) is 5.21 Å². The zero-order chi connectivity index (χ0) is 9.47. The molecule has 0 amide bonds. The molecule has 0 bridgehead atoms. The second kappa shape index (κ2) is 2.49. The smallest absolute Gasteiger partial charge is 0.317 e. The van der Waals surface area contributed by atoms with Crippen LogP contribution in [0.4, 0.5) is 0 Å². The summed E-state index contributed by atoms with van der Waals surface area (Å²) in [5.74, 6) is -0.711. The Morgan fingerprint density at radius 3 is 2.77 bits per heavy atom. The summed E-state index contributed by atoms with van der Waals surface area (Å²) in [6.45, 7) is 0. The summed E-state index contributed by atoms with van der Waals surface area (Å²) in [6, 6.07) is -0.0744. The number of H-pyrrole nitrogens is 1. The predicted molar refractivity (Wildman–Crippen MR) is 40.7 cm³/mol. The molecule has 0 saturated heterocycles. The molecule has 1 saturated carbocycles. The third-order valence-corrected chi connectivity index (χ3v) is 2.40. The van der Waals surface area contributed by atoms with Crippen LogP contribution in [0.15, 0.2) is 0 Å². The summed E-state index contributed by atoms with van der Waals surface area (Å²) < 4.78 is 0. The fourth-order valence-electron chi connectivity index (χ4n) is 1.65. The number of aromatic amines is 1. The second-order valence-corrected chi connectivity index (χ2v) is 3.29. The topological polar surface area (TPSA) is 118 Å². The van der Waals surface area contributed by atoms with Gasteiger partial charge in [0.15, 0.2) is 5.82 Å². The first-order valence-electron chi connectivity index (χ1n) is 3.88. The lowest BCUT2D eigenvalue weighted by molar-refractivity contribution is -0.148. The maximum absolute atomic E-state index is 11.0. The first kappa shape index (κ1) is 8.11. The van der Waals surface area contributed by atoms with Crippen molar-refractivity contribution in [2.24, 2.45) is 5.73 Å². The molecular weight excluding hydrogens is 174 g/mol. The molecule has 0 aromatic carbocycles. The molecule has 0 unspecified atom stereocenters. The van der Waals surface area contributed by atoms with Crippen LogP contribution >= 0.6 is 0 Å². The Morgan fingerprint density at radius 1 is 1.69 bits per heavy atom. The van der Waals surface area contributed by atoms with Crippen molar-refractivity contribution >= 4 is 5.97 Å². The van der Waals surface area contributed by atoms with Crippen molar-refractivity contribution in [3.63, 3.8) is 0 Å². The number of tetrazole rings is 1. The van der Waals surface area contributed by atoms with Crippen LogP contribution in [0.25, 0.3) is 0 Å². The van der Waals surface area contributed by atoms with Crippen LogP contribution in [0.2, 0.25) is 0 Å². The Labute approximate surface area is 73.3 Å². The lowest BCUT2D eigenvalue weighted by Crippen LogP contribution is -2.54. The van der Waals surface area contributed by atoms with E-state index < -0.39 is 11.4 Å². The van der Waals surface area contributed by atoms with Crippen LogP contribution < -0.4 is 5.73 Å². The minimum Gasteiger partial charge on any atom is -0.480 e. The van der Waals surface area contributed by atoms with Crippen molar-refractivity contribution in [3.05, 3.63) is 5.82 Å². The third kappa shape index (κ3) is 1.00. The summed E-state index contributed by atoms with van der Waals surface area (Å²) in [4.78, 5) is 11.0. The van der Waals surface area contributed by atoms with Crippen molar-refractivity contribution < 1.29 is 9.90 Å². The first-order valence-corrected chi connectivity index (χ1v) is 3.88. The highest BCUT2D eigenvalue weighted by molar-refractivity contribution is 5.81. The van der Waals surface area contributed by atoms with E-state index in [2.05, 4.69) is 20.6 Å². The molecule has 0 spiro atoms. The maximum Gasteiger partial charge on any atom is 0.317 e. The second-order valence-electron chi connectivity index (χ2n) is 3.29. The number of carboxylic acid groups (broad SMARTS) is 1. The van der Waals surface area contributed by atoms with Crippen LogP contribution in [0.5, 0.6) is 0 Å². The van der Waals surface area contributed by atoms with Gasteiger partial charge in [-0.1, -0.05) is 5.21 Å². The Kier molecular flexibility index (Phi) is 1.56. The van der Waals surface area contributed by atoms with E-state index in [1.54, 1.807) is 0 Å². The lowest BCUT2D eigenvalue weighted by Gasteiger charge is -2.39. The van der Waals surface area contributed by atoms with E-state index in [-0.39, 0.29) is 11.9 Å². The third-order valence-electron chi connectivity index (χ3n) is 2.40. The Morgan fingerprint density at radius 2 is 2.38 bits per heavy atom. The molecule has 0 aliphatic heterocycles. The first-order chi connectivity index (χ1) is 6.15. The molecule has 7 heteroatoms. The summed E-state index contributed by atoms with van der Waals surface area (Å²) in [6.07, 6.45) is 0.754. The van der Waals surface area contributed by atoms with E-state index in [9.17, 15) is 4.79 Å². The number of nitrogens with zero attached hydrogens (tertiary/aromatic N) is 3. The predicted octanol–water partition coefficient (Wildman–Crippen LogP) is -1.36. The highest BCUT2D eigenvalue weighted by Gasteiger charge is 2.53. The van der Waals surface area contributed by atoms with Crippen molar-refractivity contribution in [2.45, 2.75) is 24.3 Å². The quantitative estimate of drug-likeness (QED) is 0.521. The summed E-state index contributed by atoms with van der Waals surface area (Å²) >= 11 is 0.